The molecule has 0 bridgehead atoms. The number of aromatic nitrogens is 2. The molecule has 32 heavy (non-hydrogen) atoms. The van der Waals surface area contributed by atoms with E-state index < -0.39 is 0 Å². The number of hydrogen-bond acceptors (Lipinski definition) is 0. The Morgan fingerprint density at radius 2 is 0.781 bits per heavy atom. The molecule has 0 spiro atoms. The zero-order valence-corrected chi connectivity index (χ0v) is 16.8. The van der Waals surface area contributed by atoms with Crippen LogP contribution in [-0.2, 0) is 0 Å². The first-order valence-electron chi connectivity index (χ1n) is 14.3. The first kappa shape index (κ1) is 11.4. The van der Waals surface area contributed by atoms with Gasteiger partial charge in [0.2, 0.25) is 0 Å². The number of para-hydroxylation sites is 4. The van der Waals surface area contributed by atoms with Crippen molar-refractivity contribution in [1.82, 2.24) is 9.13 Å². The normalized spacial score (nSPS) is 15.2. The van der Waals surface area contributed by atoms with Gasteiger partial charge in [-0.3, -0.25) is 0 Å². The van der Waals surface area contributed by atoms with Crippen LogP contribution in [0.1, 0.15) is 11.0 Å². The van der Waals surface area contributed by atoms with Gasteiger partial charge in [0.15, 0.2) is 0 Å². The van der Waals surface area contributed by atoms with E-state index in [1.807, 2.05) is 0 Å². The van der Waals surface area contributed by atoms with Gasteiger partial charge in [0, 0.05) is 32.9 Å². The van der Waals surface area contributed by atoms with Gasteiger partial charge in [-0.1, -0.05) is 78.7 Å². The lowest BCUT2D eigenvalue weighted by atomic mass is 10.2. The molecular formula is C30H20N2. The second-order valence-electron chi connectivity index (χ2n) is 7.64. The molecular weight excluding hydrogens is 388 g/mol. The minimum atomic E-state index is -0.338. The first-order valence-corrected chi connectivity index (χ1v) is 10.3. The summed E-state index contributed by atoms with van der Waals surface area (Å²) in [7, 11) is 0. The molecule has 0 saturated carbocycles. The maximum Gasteiger partial charge on any atom is 0.0667 e. The zero-order chi connectivity index (χ0) is 28.0. The molecule has 150 valence electrons. The van der Waals surface area contributed by atoms with Crippen molar-refractivity contribution in [1.29, 1.82) is 0 Å². The lowest BCUT2D eigenvalue weighted by molar-refractivity contribution is 1.13. The molecule has 2 nitrogen and oxygen atoms in total. The third kappa shape index (κ3) is 2.35. The molecule has 5 aromatic carbocycles. The molecule has 2 heterocycles. The molecule has 7 aromatic rings. The highest BCUT2D eigenvalue weighted by Crippen LogP contribution is 2.35. The van der Waals surface area contributed by atoms with Crippen molar-refractivity contribution >= 4 is 43.6 Å². The lowest BCUT2D eigenvalue weighted by Crippen LogP contribution is -1.98. The lowest BCUT2D eigenvalue weighted by Gasteiger charge is -2.12. The minimum Gasteiger partial charge on any atom is -0.309 e. The predicted octanol–water partition coefficient (Wildman–Crippen LogP) is 7.88. The van der Waals surface area contributed by atoms with Crippen LogP contribution in [-0.4, -0.2) is 9.13 Å². The Kier molecular flexibility index (Phi) is 2.34. The molecule has 0 saturated heterocycles. The summed E-state index contributed by atoms with van der Waals surface area (Å²) in [5.41, 5.74) is 2.75. The van der Waals surface area contributed by atoms with Crippen molar-refractivity contribution in [3.8, 4) is 11.4 Å². The fraction of sp³-hybridized carbons (Fsp3) is 0. The van der Waals surface area contributed by atoms with Gasteiger partial charge in [-0.15, -0.1) is 0 Å². The molecule has 0 aliphatic heterocycles. The van der Waals surface area contributed by atoms with Crippen molar-refractivity contribution < 1.29 is 11.0 Å². The largest absolute Gasteiger partial charge is 0.309 e. The number of rotatable bonds is 2. The Bertz CT molecular complexity index is 1940. The average molecular weight is 417 g/mol. The minimum absolute atomic E-state index is 0.121. The number of fused-ring (bicyclic) bond motifs is 6. The molecule has 0 aliphatic carbocycles. The van der Waals surface area contributed by atoms with Crippen molar-refractivity contribution in [2.75, 3.05) is 0 Å². The Morgan fingerprint density at radius 3 is 1.12 bits per heavy atom. The van der Waals surface area contributed by atoms with Gasteiger partial charge in [-0.2, -0.15) is 0 Å². The quantitative estimate of drug-likeness (QED) is 0.271. The summed E-state index contributed by atoms with van der Waals surface area (Å²) >= 11 is 0. The number of hydrogen-bond donors (Lipinski definition) is 0. The molecule has 0 fully saturated rings. The van der Waals surface area contributed by atoms with E-state index in [4.69, 9.17) is 9.60 Å². The van der Waals surface area contributed by atoms with E-state index in [2.05, 4.69) is 0 Å². The maximum atomic E-state index is 9.43. The fourth-order valence-electron chi connectivity index (χ4n) is 4.62. The molecule has 2 aromatic heterocycles. The molecule has 7 rings (SSSR count). The predicted molar refractivity (Wildman–Crippen MR) is 135 cm³/mol. The summed E-state index contributed by atoms with van der Waals surface area (Å²) in [4.78, 5) is 0. The summed E-state index contributed by atoms with van der Waals surface area (Å²) in [6.07, 6.45) is 0. The van der Waals surface area contributed by atoms with Gasteiger partial charge in [-0.05, 0) is 42.4 Å². The Labute approximate surface area is 196 Å². The topological polar surface area (TPSA) is 9.86 Å². The molecule has 0 amide bonds. The van der Waals surface area contributed by atoms with E-state index in [1.165, 1.54) is 0 Å². The third-order valence-corrected chi connectivity index (χ3v) is 5.95. The highest BCUT2D eigenvalue weighted by molar-refractivity contribution is 6.10. The van der Waals surface area contributed by atoms with Crippen LogP contribution in [0.3, 0.4) is 0 Å². The van der Waals surface area contributed by atoms with Crippen LogP contribution >= 0.6 is 0 Å². The maximum absolute atomic E-state index is 9.43. The summed E-state index contributed by atoms with van der Waals surface area (Å²) in [6.45, 7) is 0. The Hall–Kier alpha value is -4.30. The summed E-state index contributed by atoms with van der Waals surface area (Å²) in [5, 5.41) is 2.78. The van der Waals surface area contributed by atoms with Gasteiger partial charge < -0.3 is 9.13 Å². The summed E-state index contributed by atoms with van der Waals surface area (Å²) < 4.78 is 72.1. The van der Waals surface area contributed by atoms with Crippen LogP contribution in [0.25, 0.3) is 55.0 Å². The fourth-order valence-corrected chi connectivity index (χ4v) is 4.62. The third-order valence-electron chi connectivity index (χ3n) is 5.95. The smallest absolute Gasteiger partial charge is 0.0667 e. The highest BCUT2D eigenvalue weighted by Gasteiger charge is 2.14. The molecule has 0 aliphatic rings. The van der Waals surface area contributed by atoms with Gasteiger partial charge >= 0.3 is 0 Å². The molecule has 2 heteroatoms. The second-order valence-corrected chi connectivity index (χ2v) is 7.64. The molecule has 0 N–H and O–H groups in total. The van der Waals surface area contributed by atoms with Crippen LogP contribution in [0.5, 0.6) is 0 Å². The molecule has 0 unspecified atom stereocenters. The second kappa shape index (κ2) is 6.60. The van der Waals surface area contributed by atoms with Gasteiger partial charge in [0.1, 0.15) is 0 Å². The molecule has 0 atom stereocenters. The monoisotopic (exact) mass is 416 g/mol. The number of benzene rings is 5. The van der Waals surface area contributed by atoms with E-state index in [9.17, 15) is 1.37 Å². The molecule has 0 radical (unpaired) electrons. The van der Waals surface area contributed by atoms with Crippen LogP contribution in [0.4, 0.5) is 0 Å². The van der Waals surface area contributed by atoms with E-state index >= 15 is 0 Å². The van der Waals surface area contributed by atoms with Crippen molar-refractivity contribution in [3.63, 3.8) is 0 Å². The highest BCUT2D eigenvalue weighted by atomic mass is 15.0. The van der Waals surface area contributed by atoms with Gasteiger partial charge in [-0.25, -0.2) is 0 Å². The van der Waals surface area contributed by atoms with Crippen molar-refractivity contribution in [2.45, 2.75) is 0 Å². The average Bonchev–Trinajstić information content (AvgIpc) is 3.39. The number of nitrogens with zero attached hydrogens (tertiary/aromatic N) is 2. The summed E-state index contributed by atoms with van der Waals surface area (Å²) in [5.74, 6) is 0. The van der Waals surface area contributed by atoms with Gasteiger partial charge in [0.25, 0.3) is 0 Å². The van der Waals surface area contributed by atoms with Crippen LogP contribution in [0, 0.1) is 0 Å². The van der Waals surface area contributed by atoms with Crippen LogP contribution < -0.4 is 0 Å². The standard InChI is InChI=1S/C30H20N2/c1-5-16-27-23(12-1)24-13-2-6-17-28(24)31(27)21-10-9-11-22(20-21)32-29-18-7-3-14-25(29)26-15-4-8-19-30(26)32/h1-20H/i1D,2D,3D,4D,9D,10D,11D,20D. The van der Waals surface area contributed by atoms with E-state index in [0.717, 1.165) is 0 Å². The van der Waals surface area contributed by atoms with E-state index in [-0.39, 0.29) is 59.7 Å². The van der Waals surface area contributed by atoms with E-state index in [1.54, 1.807) is 81.9 Å². The zero-order valence-electron chi connectivity index (χ0n) is 24.8. The van der Waals surface area contributed by atoms with Crippen LogP contribution in [0.15, 0.2) is 121 Å². The summed E-state index contributed by atoms with van der Waals surface area (Å²) in [6, 6.07) is 20.3. The SMILES string of the molecule is [2H]c1ccc2c(c1)c1cc([2H])ccc1n2-c1c([2H])c([2H])c([2H])c(-n2c3ccc([2H])cc3c3cc([2H])ccc32)c1[2H]. The van der Waals surface area contributed by atoms with Gasteiger partial charge in [0.05, 0.1) is 33.0 Å². The Balaban J connectivity index is 1.67. The van der Waals surface area contributed by atoms with E-state index in [0.29, 0.717) is 43.6 Å². The van der Waals surface area contributed by atoms with Crippen molar-refractivity contribution in [2.24, 2.45) is 0 Å². The Morgan fingerprint density at radius 1 is 0.438 bits per heavy atom. The van der Waals surface area contributed by atoms with Crippen LogP contribution in [0.2, 0.25) is 0 Å². The van der Waals surface area contributed by atoms with Crippen molar-refractivity contribution in [3.05, 3.63) is 121 Å². The first-order chi connectivity index (χ1) is 19.2.